The minimum Gasteiger partial charge on any atom is -0.491 e. The monoisotopic (exact) mass is 497 g/mol. The molecule has 178 valence electrons. The Morgan fingerprint density at radius 2 is 1.68 bits per heavy atom. The minimum atomic E-state index is -1.14. The molecule has 1 heterocycles. The van der Waals surface area contributed by atoms with E-state index in [2.05, 4.69) is 5.32 Å². The summed E-state index contributed by atoms with van der Waals surface area (Å²) in [5.74, 6) is 1.48. The van der Waals surface area contributed by atoms with Crippen LogP contribution in [0.3, 0.4) is 0 Å². The molecular weight excluding hydrogens is 470 g/mol. The highest BCUT2D eigenvalue weighted by molar-refractivity contribution is 7.90. The highest BCUT2D eigenvalue weighted by atomic mass is 32.2. The lowest BCUT2D eigenvalue weighted by molar-refractivity contribution is -0.115. The van der Waals surface area contributed by atoms with Crippen molar-refractivity contribution in [2.45, 2.75) is 41.7 Å². The van der Waals surface area contributed by atoms with E-state index >= 15 is 0 Å². The van der Waals surface area contributed by atoms with Crippen LogP contribution >= 0.6 is 0 Å². The van der Waals surface area contributed by atoms with Crippen LogP contribution in [0, 0.1) is 0 Å². The van der Waals surface area contributed by atoms with Gasteiger partial charge in [0.05, 0.1) is 22.0 Å². The van der Waals surface area contributed by atoms with Gasteiger partial charge in [0.15, 0.2) is 5.76 Å². The zero-order valence-electron chi connectivity index (χ0n) is 19.0. The summed E-state index contributed by atoms with van der Waals surface area (Å²) in [4.78, 5) is 14.1. The highest BCUT2D eigenvalue weighted by Gasteiger charge is 2.51. The van der Waals surface area contributed by atoms with E-state index in [9.17, 15) is 13.2 Å². The van der Waals surface area contributed by atoms with Crippen LogP contribution in [-0.4, -0.2) is 33.8 Å². The fourth-order valence-electron chi connectivity index (χ4n) is 4.38. The minimum absolute atomic E-state index is 0.117. The lowest BCUT2D eigenvalue weighted by Crippen LogP contribution is -2.21. The third-order valence-corrected chi connectivity index (χ3v) is 9.48. The van der Waals surface area contributed by atoms with Crippen LogP contribution in [0.15, 0.2) is 75.9 Å². The van der Waals surface area contributed by atoms with Gasteiger partial charge in [-0.25, -0.2) is 0 Å². The van der Waals surface area contributed by atoms with Gasteiger partial charge < -0.3 is 14.8 Å². The smallest absolute Gasteiger partial charge is 0.228 e. The van der Waals surface area contributed by atoms with Crippen molar-refractivity contribution in [3.05, 3.63) is 82.2 Å². The quantitative estimate of drug-likeness (QED) is 0.618. The SMILES string of the molecule is CS(=O)c1ccc(CC(=O)Nc2ccc(C3(S(=O)C4=CC5=C(CC4)OCCO5)CC3)cc2)cc1. The van der Waals surface area contributed by atoms with Gasteiger partial charge >= 0.3 is 0 Å². The van der Waals surface area contributed by atoms with Crippen molar-refractivity contribution in [3.8, 4) is 0 Å². The van der Waals surface area contributed by atoms with Gasteiger partial charge in [0.25, 0.3) is 0 Å². The largest absolute Gasteiger partial charge is 0.491 e. The molecule has 0 spiro atoms. The van der Waals surface area contributed by atoms with Gasteiger partial charge in [-0.05, 0) is 60.7 Å². The number of ether oxygens (including phenoxy) is 2. The van der Waals surface area contributed by atoms with Gasteiger partial charge in [-0.15, -0.1) is 0 Å². The van der Waals surface area contributed by atoms with Crippen molar-refractivity contribution in [1.82, 2.24) is 0 Å². The fourth-order valence-corrected chi connectivity index (χ4v) is 6.73. The van der Waals surface area contributed by atoms with Crippen LogP contribution in [0.2, 0.25) is 0 Å². The lowest BCUT2D eigenvalue weighted by atomic mass is 10.1. The first-order valence-corrected chi connectivity index (χ1v) is 14.1. The molecule has 2 unspecified atom stereocenters. The first kappa shape index (κ1) is 23.1. The van der Waals surface area contributed by atoms with Crippen molar-refractivity contribution in [2.24, 2.45) is 0 Å². The molecule has 2 aromatic carbocycles. The molecule has 2 atom stereocenters. The molecule has 5 rings (SSSR count). The van der Waals surface area contributed by atoms with E-state index in [1.54, 1.807) is 18.4 Å². The second-order valence-corrected chi connectivity index (χ2v) is 12.0. The van der Waals surface area contributed by atoms with E-state index in [1.165, 1.54) is 0 Å². The summed E-state index contributed by atoms with van der Waals surface area (Å²) in [7, 11) is -2.17. The van der Waals surface area contributed by atoms with E-state index < -0.39 is 21.6 Å². The summed E-state index contributed by atoms with van der Waals surface area (Å²) in [5, 5.41) is 2.93. The number of allylic oxidation sites excluding steroid dienone is 3. The molecule has 6 nitrogen and oxygen atoms in total. The van der Waals surface area contributed by atoms with Gasteiger partial charge in [0.1, 0.15) is 19.0 Å². The van der Waals surface area contributed by atoms with Gasteiger partial charge in [-0.1, -0.05) is 24.3 Å². The average molecular weight is 498 g/mol. The maximum absolute atomic E-state index is 13.5. The Labute approximate surface area is 204 Å². The zero-order valence-corrected chi connectivity index (χ0v) is 20.6. The Kier molecular flexibility index (Phi) is 6.44. The first-order chi connectivity index (χ1) is 16.4. The summed E-state index contributed by atoms with van der Waals surface area (Å²) in [5.41, 5.74) is 2.61. The Morgan fingerprint density at radius 1 is 0.971 bits per heavy atom. The molecule has 1 aliphatic heterocycles. The van der Waals surface area contributed by atoms with Gasteiger partial charge in [-0.2, -0.15) is 0 Å². The van der Waals surface area contributed by atoms with Crippen LogP contribution in [0.1, 0.15) is 36.8 Å². The molecule has 0 bridgehead atoms. The highest BCUT2D eigenvalue weighted by Crippen LogP contribution is 2.54. The van der Waals surface area contributed by atoms with Crippen molar-refractivity contribution in [3.63, 3.8) is 0 Å². The normalized spacial score (nSPS) is 20.2. The second-order valence-electron chi connectivity index (χ2n) is 8.76. The number of anilines is 1. The van der Waals surface area contributed by atoms with Crippen LogP contribution in [-0.2, 0) is 47.0 Å². The Bertz CT molecular complexity index is 1210. The summed E-state index contributed by atoms with van der Waals surface area (Å²) >= 11 is 0. The summed E-state index contributed by atoms with van der Waals surface area (Å²) < 4.78 is 36.0. The third-order valence-electron chi connectivity index (χ3n) is 6.39. The topological polar surface area (TPSA) is 81.7 Å². The van der Waals surface area contributed by atoms with E-state index in [-0.39, 0.29) is 17.1 Å². The van der Waals surface area contributed by atoms with E-state index in [4.69, 9.17) is 9.47 Å². The molecule has 1 saturated carbocycles. The van der Waals surface area contributed by atoms with E-state index in [0.717, 1.165) is 58.1 Å². The van der Waals surface area contributed by atoms with Crippen molar-refractivity contribution < 1.29 is 22.7 Å². The van der Waals surface area contributed by atoms with Gasteiger partial charge in [0.2, 0.25) is 5.91 Å². The molecule has 1 fully saturated rings. The molecular formula is C26H27NO5S2. The maximum Gasteiger partial charge on any atom is 0.228 e. The predicted molar refractivity (Wildman–Crippen MR) is 133 cm³/mol. The zero-order chi connectivity index (χ0) is 23.7. The van der Waals surface area contributed by atoms with Crippen molar-refractivity contribution >= 4 is 33.2 Å². The Balaban J connectivity index is 1.23. The fraction of sp³-hybridized carbons (Fsp3) is 0.346. The van der Waals surface area contributed by atoms with Gasteiger partial charge in [0, 0.05) is 39.0 Å². The lowest BCUT2D eigenvalue weighted by Gasteiger charge is -2.26. The van der Waals surface area contributed by atoms with Crippen LogP contribution in [0.5, 0.6) is 0 Å². The molecule has 2 aromatic rings. The van der Waals surface area contributed by atoms with Crippen molar-refractivity contribution in [2.75, 3.05) is 24.8 Å². The standard InChI is InChI=1S/C26H27NO5S2/c1-33(29)21-8-2-18(3-9-21)16-25(28)27-20-6-4-19(5-7-20)26(12-13-26)34(30)22-10-11-23-24(17-22)32-15-14-31-23/h2-9,17H,10-16H2,1H3,(H,27,28). The maximum atomic E-state index is 13.5. The first-order valence-electron chi connectivity index (χ1n) is 11.4. The Morgan fingerprint density at radius 3 is 2.35 bits per heavy atom. The Hall–Kier alpha value is -2.71. The number of carbonyl (C=O) groups is 1. The van der Waals surface area contributed by atoms with E-state index in [0.29, 0.717) is 18.9 Å². The molecule has 8 heteroatoms. The summed E-state index contributed by atoms with van der Waals surface area (Å²) in [6.45, 7) is 1.10. The molecule has 1 amide bonds. The predicted octanol–water partition coefficient (Wildman–Crippen LogP) is 4.28. The molecule has 3 aliphatic rings. The number of hydrogen-bond acceptors (Lipinski definition) is 5. The van der Waals surface area contributed by atoms with Gasteiger partial charge in [-0.3, -0.25) is 13.2 Å². The molecule has 1 N–H and O–H groups in total. The molecule has 0 saturated heterocycles. The van der Waals surface area contributed by atoms with Crippen LogP contribution in [0.4, 0.5) is 5.69 Å². The second kappa shape index (κ2) is 9.50. The number of hydrogen-bond donors (Lipinski definition) is 1. The number of rotatable bonds is 7. The van der Waals surface area contributed by atoms with Crippen LogP contribution in [0.25, 0.3) is 0 Å². The molecule has 0 radical (unpaired) electrons. The van der Waals surface area contributed by atoms with Crippen LogP contribution < -0.4 is 5.32 Å². The third kappa shape index (κ3) is 4.74. The number of amides is 1. The summed E-state index contributed by atoms with van der Waals surface area (Å²) in [6, 6.07) is 14.9. The number of carbonyl (C=O) groups excluding carboxylic acids is 1. The molecule has 2 aliphatic carbocycles. The molecule has 34 heavy (non-hydrogen) atoms. The van der Waals surface area contributed by atoms with E-state index in [1.807, 2.05) is 42.5 Å². The van der Waals surface area contributed by atoms with Crippen molar-refractivity contribution in [1.29, 1.82) is 0 Å². The average Bonchev–Trinajstić information content (AvgIpc) is 3.66. The number of benzene rings is 2. The number of nitrogens with one attached hydrogen (secondary N) is 1. The summed E-state index contributed by atoms with van der Waals surface area (Å²) in [6.07, 6.45) is 6.99. The molecule has 0 aromatic heterocycles.